The molecule has 106 valence electrons. The van der Waals surface area contributed by atoms with Crippen LogP contribution >= 0.6 is 0 Å². The number of rotatable bonds is 5. The third-order valence-electron chi connectivity index (χ3n) is 5.10. The van der Waals surface area contributed by atoms with Crippen molar-refractivity contribution in [3.05, 3.63) is 0 Å². The zero-order valence-electron chi connectivity index (χ0n) is 12.0. The summed E-state index contributed by atoms with van der Waals surface area (Å²) in [6.45, 7) is 7.32. The molecule has 1 atom stereocenters. The van der Waals surface area contributed by atoms with Crippen LogP contribution in [0, 0.1) is 5.41 Å². The third-order valence-corrected chi connectivity index (χ3v) is 5.10. The highest BCUT2D eigenvalue weighted by molar-refractivity contribution is 4.86. The summed E-state index contributed by atoms with van der Waals surface area (Å²) in [6.07, 6.45) is 9.39. The standard InChI is InChI=1S/C15H30N2O/c1-2-14-12-18-11-10-17(14)9-8-15(13-16)6-4-3-5-7-15/h14H,2-13,16H2,1H3. The summed E-state index contributed by atoms with van der Waals surface area (Å²) in [5.41, 5.74) is 6.53. The lowest BCUT2D eigenvalue weighted by atomic mass is 9.72. The van der Waals surface area contributed by atoms with Gasteiger partial charge in [-0.05, 0) is 44.2 Å². The Morgan fingerprint density at radius 2 is 2.06 bits per heavy atom. The first-order valence-electron chi connectivity index (χ1n) is 7.81. The maximum absolute atomic E-state index is 6.08. The van der Waals surface area contributed by atoms with E-state index in [1.165, 1.54) is 51.5 Å². The average Bonchev–Trinajstić information content (AvgIpc) is 2.46. The Morgan fingerprint density at radius 1 is 1.28 bits per heavy atom. The van der Waals surface area contributed by atoms with Crippen LogP contribution in [0.4, 0.5) is 0 Å². The highest BCUT2D eigenvalue weighted by atomic mass is 16.5. The van der Waals surface area contributed by atoms with Gasteiger partial charge in [-0.2, -0.15) is 0 Å². The quantitative estimate of drug-likeness (QED) is 0.819. The third kappa shape index (κ3) is 3.46. The van der Waals surface area contributed by atoms with Gasteiger partial charge < -0.3 is 10.5 Å². The molecule has 3 heteroatoms. The summed E-state index contributed by atoms with van der Waals surface area (Å²) in [5, 5.41) is 0. The van der Waals surface area contributed by atoms with Crippen LogP contribution in [0.5, 0.6) is 0 Å². The molecule has 0 bridgehead atoms. The van der Waals surface area contributed by atoms with E-state index < -0.39 is 0 Å². The van der Waals surface area contributed by atoms with Gasteiger partial charge in [-0.25, -0.2) is 0 Å². The summed E-state index contributed by atoms with van der Waals surface area (Å²) in [6, 6.07) is 0.636. The van der Waals surface area contributed by atoms with E-state index in [1.54, 1.807) is 0 Å². The van der Waals surface area contributed by atoms with E-state index in [0.29, 0.717) is 11.5 Å². The Kier molecular flexibility index (Phi) is 5.46. The summed E-state index contributed by atoms with van der Waals surface area (Å²) in [7, 11) is 0. The van der Waals surface area contributed by atoms with E-state index >= 15 is 0 Å². The minimum Gasteiger partial charge on any atom is -0.378 e. The van der Waals surface area contributed by atoms with Gasteiger partial charge in [0, 0.05) is 12.6 Å². The molecule has 1 aliphatic heterocycles. The number of hydrogen-bond acceptors (Lipinski definition) is 3. The van der Waals surface area contributed by atoms with E-state index in [0.717, 1.165) is 26.3 Å². The molecule has 0 amide bonds. The molecule has 1 saturated carbocycles. The smallest absolute Gasteiger partial charge is 0.0622 e. The topological polar surface area (TPSA) is 38.5 Å². The molecule has 3 nitrogen and oxygen atoms in total. The van der Waals surface area contributed by atoms with E-state index in [1.807, 2.05) is 0 Å². The molecular formula is C15H30N2O. The highest BCUT2D eigenvalue weighted by Gasteiger charge is 2.32. The fourth-order valence-corrected chi connectivity index (χ4v) is 3.60. The molecule has 1 saturated heterocycles. The molecule has 1 unspecified atom stereocenters. The van der Waals surface area contributed by atoms with Crippen LogP contribution in [-0.2, 0) is 4.74 Å². The molecule has 0 radical (unpaired) electrons. The van der Waals surface area contributed by atoms with Gasteiger partial charge in [-0.3, -0.25) is 4.90 Å². The largest absolute Gasteiger partial charge is 0.378 e. The molecule has 2 rings (SSSR count). The zero-order chi connectivity index (χ0) is 12.8. The zero-order valence-corrected chi connectivity index (χ0v) is 12.0. The Balaban J connectivity index is 1.84. The minimum absolute atomic E-state index is 0.453. The Labute approximate surface area is 112 Å². The van der Waals surface area contributed by atoms with Crippen molar-refractivity contribution in [2.75, 3.05) is 32.8 Å². The number of nitrogens with zero attached hydrogens (tertiary/aromatic N) is 1. The van der Waals surface area contributed by atoms with Crippen molar-refractivity contribution in [1.82, 2.24) is 4.90 Å². The van der Waals surface area contributed by atoms with Gasteiger partial charge in [0.1, 0.15) is 0 Å². The Bertz CT molecular complexity index is 239. The van der Waals surface area contributed by atoms with Crippen LogP contribution in [0.3, 0.4) is 0 Å². The predicted octanol–water partition coefficient (Wildman–Crippen LogP) is 2.40. The molecule has 0 aromatic carbocycles. The SMILES string of the molecule is CCC1COCCN1CCC1(CN)CCCCC1. The van der Waals surface area contributed by atoms with Gasteiger partial charge in [-0.1, -0.05) is 26.2 Å². The van der Waals surface area contributed by atoms with Crippen molar-refractivity contribution in [3.63, 3.8) is 0 Å². The molecule has 1 aliphatic carbocycles. The van der Waals surface area contributed by atoms with Crippen molar-refractivity contribution in [3.8, 4) is 0 Å². The fourth-order valence-electron chi connectivity index (χ4n) is 3.60. The molecule has 0 spiro atoms. The Hall–Kier alpha value is -0.120. The van der Waals surface area contributed by atoms with E-state index in [-0.39, 0.29) is 0 Å². The van der Waals surface area contributed by atoms with Crippen LogP contribution in [0.25, 0.3) is 0 Å². The van der Waals surface area contributed by atoms with Crippen molar-refractivity contribution in [2.45, 2.75) is 57.9 Å². The molecule has 18 heavy (non-hydrogen) atoms. The summed E-state index contributed by atoms with van der Waals surface area (Å²) in [4.78, 5) is 2.63. The van der Waals surface area contributed by atoms with E-state index in [4.69, 9.17) is 10.5 Å². The van der Waals surface area contributed by atoms with Crippen LogP contribution < -0.4 is 5.73 Å². The molecular weight excluding hydrogens is 224 g/mol. The lowest BCUT2D eigenvalue weighted by Gasteiger charge is -2.41. The van der Waals surface area contributed by atoms with Crippen molar-refractivity contribution in [2.24, 2.45) is 11.1 Å². The van der Waals surface area contributed by atoms with Crippen molar-refractivity contribution >= 4 is 0 Å². The number of hydrogen-bond donors (Lipinski definition) is 1. The van der Waals surface area contributed by atoms with Gasteiger partial charge in [0.2, 0.25) is 0 Å². The molecule has 0 aromatic heterocycles. The van der Waals surface area contributed by atoms with E-state index in [2.05, 4.69) is 11.8 Å². The molecule has 2 fully saturated rings. The molecule has 1 heterocycles. The van der Waals surface area contributed by atoms with Gasteiger partial charge in [0.25, 0.3) is 0 Å². The number of nitrogens with two attached hydrogens (primary N) is 1. The number of ether oxygens (including phenoxy) is 1. The fraction of sp³-hybridized carbons (Fsp3) is 1.00. The Morgan fingerprint density at radius 3 is 2.72 bits per heavy atom. The van der Waals surface area contributed by atoms with Gasteiger partial charge in [0.05, 0.1) is 13.2 Å². The summed E-state index contributed by atoms with van der Waals surface area (Å²) < 4.78 is 5.58. The van der Waals surface area contributed by atoms with Crippen LogP contribution in [0.15, 0.2) is 0 Å². The average molecular weight is 254 g/mol. The molecule has 2 aliphatic rings. The highest BCUT2D eigenvalue weighted by Crippen LogP contribution is 2.38. The van der Waals surface area contributed by atoms with Gasteiger partial charge >= 0.3 is 0 Å². The van der Waals surface area contributed by atoms with Crippen LogP contribution in [-0.4, -0.2) is 43.8 Å². The van der Waals surface area contributed by atoms with Crippen LogP contribution in [0.1, 0.15) is 51.9 Å². The first-order valence-corrected chi connectivity index (χ1v) is 7.81. The van der Waals surface area contributed by atoms with Gasteiger partial charge in [-0.15, -0.1) is 0 Å². The second-order valence-corrected chi connectivity index (χ2v) is 6.19. The first kappa shape index (κ1) is 14.3. The second-order valence-electron chi connectivity index (χ2n) is 6.19. The van der Waals surface area contributed by atoms with Crippen LogP contribution in [0.2, 0.25) is 0 Å². The second kappa shape index (κ2) is 6.88. The maximum atomic E-state index is 6.08. The van der Waals surface area contributed by atoms with Crippen molar-refractivity contribution < 1.29 is 4.74 Å². The normalized spacial score (nSPS) is 29.3. The molecule has 0 aromatic rings. The maximum Gasteiger partial charge on any atom is 0.0622 e. The summed E-state index contributed by atoms with van der Waals surface area (Å²) in [5.74, 6) is 0. The predicted molar refractivity (Wildman–Crippen MR) is 75.7 cm³/mol. The lowest BCUT2D eigenvalue weighted by molar-refractivity contribution is -0.0158. The number of morpholine rings is 1. The van der Waals surface area contributed by atoms with E-state index in [9.17, 15) is 0 Å². The first-order chi connectivity index (χ1) is 8.79. The minimum atomic E-state index is 0.453. The van der Waals surface area contributed by atoms with Gasteiger partial charge in [0.15, 0.2) is 0 Å². The van der Waals surface area contributed by atoms with Crippen molar-refractivity contribution in [1.29, 1.82) is 0 Å². The summed E-state index contributed by atoms with van der Waals surface area (Å²) >= 11 is 0. The lowest BCUT2D eigenvalue weighted by Crippen LogP contribution is -2.47. The monoisotopic (exact) mass is 254 g/mol. The molecule has 2 N–H and O–H groups in total.